The van der Waals surface area contributed by atoms with Gasteiger partial charge in [-0.25, -0.2) is 13.1 Å². The second kappa shape index (κ2) is 6.51. The third kappa shape index (κ3) is 3.80. The summed E-state index contributed by atoms with van der Waals surface area (Å²) < 4.78 is 36.2. The summed E-state index contributed by atoms with van der Waals surface area (Å²) in [6, 6.07) is 7.49. The molecule has 1 heterocycles. The van der Waals surface area contributed by atoms with Crippen molar-refractivity contribution in [1.82, 2.24) is 9.88 Å². The predicted octanol–water partition coefficient (Wildman–Crippen LogP) is 0.524. The van der Waals surface area contributed by atoms with Crippen LogP contribution in [0.5, 0.6) is 5.75 Å². The van der Waals surface area contributed by atoms with Crippen LogP contribution in [0.1, 0.15) is 5.69 Å². The third-order valence-corrected chi connectivity index (χ3v) is 3.85. The van der Waals surface area contributed by atoms with E-state index >= 15 is 0 Å². The first-order valence-corrected chi connectivity index (χ1v) is 7.33. The Hall–Kier alpha value is -1.90. The van der Waals surface area contributed by atoms with Gasteiger partial charge in [-0.05, 0) is 24.3 Å². The summed E-state index contributed by atoms with van der Waals surface area (Å²) in [6.07, 6.45) is 1.37. The minimum absolute atomic E-state index is 0.0571. The SMILES string of the molecule is O=S(=O)(NCc1ccon1)c1ccc(OCCO)cc1. The highest BCUT2D eigenvalue weighted by atomic mass is 32.2. The molecule has 0 radical (unpaired) electrons. The molecule has 8 heteroatoms. The van der Waals surface area contributed by atoms with E-state index in [0.29, 0.717) is 11.4 Å². The van der Waals surface area contributed by atoms with Crippen molar-refractivity contribution >= 4 is 10.0 Å². The van der Waals surface area contributed by atoms with E-state index in [1.54, 1.807) is 6.07 Å². The lowest BCUT2D eigenvalue weighted by atomic mass is 10.3. The summed E-state index contributed by atoms with van der Waals surface area (Å²) in [5.74, 6) is 0.495. The lowest BCUT2D eigenvalue weighted by Gasteiger charge is -2.07. The van der Waals surface area contributed by atoms with E-state index in [2.05, 4.69) is 14.4 Å². The van der Waals surface area contributed by atoms with E-state index in [9.17, 15) is 8.42 Å². The number of rotatable bonds is 7. The summed E-state index contributed by atoms with van der Waals surface area (Å²) in [6.45, 7) is 0.122. The monoisotopic (exact) mass is 298 g/mol. The number of aliphatic hydroxyl groups is 1. The minimum atomic E-state index is -3.61. The van der Waals surface area contributed by atoms with E-state index in [0.717, 1.165) is 0 Å². The molecule has 1 aromatic heterocycles. The molecule has 0 unspecified atom stereocenters. The van der Waals surface area contributed by atoms with Gasteiger partial charge in [-0.2, -0.15) is 0 Å². The number of ether oxygens (including phenoxy) is 1. The van der Waals surface area contributed by atoms with Gasteiger partial charge >= 0.3 is 0 Å². The summed E-state index contributed by atoms with van der Waals surface area (Å²) in [5, 5.41) is 12.2. The molecule has 2 aromatic rings. The molecule has 1 aromatic carbocycles. The van der Waals surface area contributed by atoms with Crippen molar-refractivity contribution in [3.05, 3.63) is 42.3 Å². The van der Waals surface area contributed by atoms with Crippen molar-refractivity contribution < 1.29 is 22.8 Å². The average Bonchev–Trinajstić information content (AvgIpc) is 2.97. The van der Waals surface area contributed by atoms with Crippen molar-refractivity contribution in [3.8, 4) is 5.75 Å². The Bertz CT molecular complexity index is 622. The molecule has 7 nitrogen and oxygen atoms in total. The molecular weight excluding hydrogens is 284 g/mol. The van der Waals surface area contributed by atoms with Crippen LogP contribution >= 0.6 is 0 Å². The van der Waals surface area contributed by atoms with Gasteiger partial charge in [-0.1, -0.05) is 5.16 Å². The topological polar surface area (TPSA) is 102 Å². The second-order valence-corrected chi connectivity index (χ2v) is 5.63. The molecule has 0 atom stereocenters. The van der Waals surface area contributed by atoms with E-state index in [-0.39, 0.29) is 24.7 Å². The van der Waals surface area contributed by atoms with Crippen LogP contribution in [0.4, 0.5) is 0 Å². The van der Waals surface area contributed by atoms with Gasteiger partial charge in [0.15, 0.2) is 0 Å². The van der Waals surface area contributed by atoms with Crippen LogP contribution in [0.15, 0.2) is 46.0 Å². The number of aliphatic hydroxyl groups excluding tert-OH is 1. The zero-order valence-corrected chi connectivity index (χ0v) is 11.3. The first kappa shape index (κ1) is 14.5. The maximum absolute atomic E-state index is 12.0. The van der Waals surface area contributed by atoms with E-state index in [4.69, 9.17) is 9.84 Å². The number of nitrogens with one attached hydrogen (secondary N) is 1. The van der Waals surface area contributed by atoms with Gasteiger partial charge in [0.05, 0.1) is 23.7 Å². The molecule has 0 fully saturated rings. The number of nitrogens with zero attached hydrogens (tertiary/aromatic N) is 1. The molecule has 2 N–H and O–H groups in total. The highest BCUT2D eigenvalue weighted by Gasteiger charge is 2.14. The van der Waals surface area contributed by atoms with Crippen LogP contribution in [0, 0.1) is 0 Å². The molecular formula is C12H14N2O5S. The number of hydrogen-bond donors (Lipinski definition) is 2. The molecule has 0 aliphatic rings. The minimum Gasteiger partial charge on any atom is -0.491 e. The normalized spacial score (nSPS) is 11.4. The maximum atomic E-state index is 12.0. The van der Waals surface area contributed by atoms with Crippen molar-refractivity contribution in [3.63, 3.8) is 0 Å². The first-order valence-electron chi connectivity index (χ1n) is 5.84. The van der Waals surface area contributed by atoms with Crippen LogP contribution in [0.25, 0.3) is 0 Å². The third-order valence-electron chi connectivity index (χ3n) is 2.43. The fourth-order valence-corrected chi connectivity index (χ4v) is 2.46. The second-order valence-electron chi connectivity index (χ2n) is 3.86. The Morgan fingerprint density at radius 2 is 2.00 bits per heavy atom. The summed E-state index contributed by atoms with van der Waals surface area (Å²) in [7, 11) is -3.61. The van der Waals surface area contributed by atoms with Crippen molar-refractivity contribution in [2.24, 2.45) is 0 Å². The summed E-state index contributed by atoms with van der Waals surface area (Å²) >= 11 is 0. The predicted molar refractivity (Wildman–Crippen MR) is 69.6 cm³/mol. The fraction of sp³-hybridized carbons (Fsp3) is 0.250. The van der Waals surface area contributed by atoms with Gasteiger partial charge in [0, 0.05) is 6.07 Å². The van der Waals surface area contributed by atoms with Crippen LogP contribution in [-0.2, 0) is 16.6 Å². The Labute approximate surface area is 116 Å². The Morgan fingerprint density at radius 1 is 1.25 bits per heavy atom. The lowest BCUT2D eigenvalue weighted by molar-refractivity contribution is 0.201. The van der Waals surface area contributed by atoms with Gasteiger partial charge in [-0.3, -0.25) is 0 Å². The Balaban J connectivity index is 2.01. The highest BCUT2D eigenvalue weighted by Crippen LogP contribution is 2.16. The quantitative estimate of drug-likeness (QED) is 0.773. The van der Waals surface area contributed by atoms with Crippen molar-refractivity contribution in [1.29, 1.82) is 0 Å². The molecule has 0 aliphatic carbocycles. The van der Waals surface area contributed by atoms with Gasteiger partial charge in [0.1, 0.15) is 18.6 Å². The van der Waals surface area contributed by atoms with Crippen LogP contribution < -0.4 is 9.46 Å². The smallest absolute Gasteiger partial charge is 0.240 e. The molecule has 2 rings (SSSR count). The number of benzene rings is 1. The first-order chi connectivity index (χ1) is 9.62. The summed E-state index contributed by atoms with van der Waals surface area (Å²) in [4.78, 5) is 0.123. The molecule has 108 valence electrons. The molecule has 20 heavy (non-hydrogen) atoms. The van der Waals surface area contributed by atoms with Crippen LogP contribution in [-0.4, -0.2) is 31.9 Å². The number of hydrogen-bond acceptors (Lipinski definition) is 6. The van der Waals surface area contributed by atoms with E-state index < -0.39 is 10.0 Å². The average molecular weight is 298 g/mol. The molecule has 0 spiro atoms. The van der Waals surface area contributed by atoms with Gasteiger partial charge in [0.25, 0.3) is 0 Å². The van der Waals surface area contributed by atoms with Crippen molar-refractivity contribution in [2.75, 3.05) is 13.2 Å². The van der Waals surface area contributed by atoms with Gasteiger partial charge < -0.3 is 14.4 Å². The largest absolute Gasteiger partial charge is 0.491 e. The van der Waals surface area contributed by atoms with Crippen LogP contribution in [0.3, 0.4) is 0 Å². The molecule has 0 amide bonds. The fourth-order valence-electron chi connectivity index (χ4n) is 1.46. The highest BCUT2D eigenvalue weighted by molar-refractivity contribution is 7.89. The van der Waals surface area contributed by atoms with Crippen LogP contribution in [0.2, 0.25) is 0 Å². The Morgan fingerprint density at radius 3 is 2.60 bits per heavy atom. The standard InChI is InChI=1S/C12H14N2O5S/c15-6-8-18-11-1-3-12(4-2-11)20(16,17)13-9-10-5-7-19-14-10/h1-5,7,13,15H,6,8-9H2. The molecule has 0 bridgehead atoms. The van der Waals surface area contributed by atoms with E-state index in [1.165, 1.54) is 30.5 Å². The maximum Gasteiger partial charge on any atom is 0.240 e. The molecule has 0 saturated carbocycles. The lowest BCUT2D eigenvalue weighted by Crippen LogP contribution is -2.23. The molecule has 0 aliphatic heterocycles. The van der Waals surface area contributed by atoms with Gasteiger partial charge in [-0.15, -0.1) is 0 Å². The zero-order chi connectivity index (χ0) is 14.4. The van der Waals surface area contributed by atoms with Crippen molar-refractivity contribution in [2.45, 2.75) is 11.4 Å². The molecule has 0 saturated heterocycles. The zero-order valence-electron chi connectivity index (χ0n) is 10.5. The summed E-state index contributed by atoms with van der Waals surface area (Å²) in [5.41, 5.74) is 0.497. The number of sulfonamides is 1. The van der Waals surface area contributed by atoms with E-state index in [1.807, 2.05) is 0 Å². The van der Waals surface area contributed by atoms with Gasteiger partial charge in [0.2, 0.25) is 10.0 Å². The Kier molecular flexibility index (Phi) is 4.72. The number of aromatic nitrogens is 1.